The normalized spacial score (nSPS) is 18.2. The summed E-state index contributed by atoms with van der Waals surface area (Å²) in [6.07, 6.45) is -5.67. The van der Waals surface area contributed by atoms with Crippen molar-refractivity contribution in [3.05, 3.63) is 23.8 Å². The number of carbonyl (C=O) groups excluding carboxylic acids is 1. The Morgan fingerprint density at radius 3 is 2.60 bits per heavy atom. The molecular weight excluding hydrogens is 279 g/mol. The third-order valence-corrected chi connectivity index (χ3v) is 2.75. The predicted molar refractivity (Wildman–Crippen MR) is 61.9 cm³/mol. The Balaban J connectivity index is 2.46. The summed E-state index contributed by atoms with van der Waals surface area (Å²) in [4.78, 5) is 22.8. The second kappa shape index (κ2) is 4.69. The van der Waals surface area contributed by atoms with Gasteiger partial charge in [0, 0.05) is 0 Å². The standard InChI is InChI=1S/C12H10F3NO4/c1-6-5-16(11(19)12(13,14)15)8-3-2-7(10(17)18)4-9(8)20-6/h2-4,6H,5H2,1H3,(H,17,18). The smallest absolute Gasteiger partial charge is 0.471 e. The topological polar surface area (TPSA) is 66.8 Å². The van der Waals surface area contributed by atoms with Crippen LogP contribution in [0.15, 0.2) is 18.2 Å². The van der Waals surface area contributed by atoms with Crippen LogP contribution < -0.4 is 9.64 Å². The molecule has 1 unspecified atom stereocenters. The van der Waals surface area contributed by atoms with Gasteiger partial charge in [0.05, 0.1) is 17.8 Å². The van der Waals surface area contributed by atoms with E-state index >= 15 is 0 Å². The SMILES string of the molecule is CC1CN(C(=O)C(F)(F)F)c2ccc(C(=O)O)cc2O1. The lowest BCUT2D eigenvalue weighted by atomic mass is 10.1. The highest BCUT2D eigenvalue weighted by molar-refractivity contribution is 6.00. The van der Waals surface area contributed by atoms with Crippen LogP contribution in [-0.4, -0.2) is 35.8 Å². The highest BCUT2D eigenvalue weighted by atomic mass is 19.4. The van der Waals surface area contributed by atoms with Gasteiger partial charge in [-0.25, -0.2) is 4.79 Å². The second-order valence-electron chi connectivity index (χ2n) is 4.33. The van der Waals surface area contributed by atoms with Crippen molar-refractivity contribution in [2.24, 2.45) is 0 Å². The van der Waals surface area contributed by atoms with Gasteiger partial charge in [-0.3, -0.25) is 9.69 Å². The van der Waals surface area contributed by atoms with E-state index in [2.05, 4.69) is 0 Å². The molecule has 20 heavy (non-hydrogen) atoms. The molecular formula is C12H10F3NO4. The molecule has 0 saturated carbocycles. The third kappa shape index (κ3) is 2.54. The number of aromatic carboxylic acids is 1. The van der Waals surface area contributed by atoms with Crippen molar-refractivity contribution >= 4 is 17.6 Å². The molecule has 1 N–H and O–H groups in total. The fourth-order valence-electron chi connectivity index (χ4n) is 1.92. The van der Waals surface area contributed by atoms with E-state index in [-0.39, 0.29) is 23.5 Å². The maximum absolute atomic E-state index is 12.5. The lowest BCUT2D eigenvalue weighted by molar-refractivity contribution is -0.170. The first kappa shape index (κ1) is 14.2. The molecule has 0 saturated heterocycles. The number of carboxylic acids is 1. The van der Waals surface area contributed by atoms with E-state index in [4.69, 9.17) is 9.84 Å². The number of amides is 1. The van der Waals surface area contributed by atoms with E-state index in [1.807, 2.05) is 0 Å². The Bertz CT molecular complexity index is 570. The van der Waals surface area contributed by atoms with Crippen LogP contribution in [0.5, 0.6) is 5.75 Å². The molecule has 1 aliphatic rings. The van der Waals surface area contributed by atoms with Crippen molar-refractivity contribution in [3.8, 4) is 5.75 Å². The molecule has 108 valence electrons. The summed E-state index contributed by atoms with van der Waals surface area (Å²) in [5.41, 5.74) is -0.215. The van der Waals surface area contributed by atoms with E-state index in [1.54, 1.807) is 0 Å². The number of carboxylic acid groups (broad SMARTS) is 1. The molecule has 1 aromatic rings. The second-order valence-corrected chi connectivity index (χ2v) is 4.33. The molecule has 5 nitrogen and oxygen atoms in total. The molecule has 1 amide bonds. The molecule has 0 radical (unpaired) electrons. The summed E-state index contributed by atoms with van der Waals surface area (Å²) in [6, 6.07) is 3.36. The van der Waals surface area contributed by atoms with Crippen LogP contribution in [0.3, 0.4) is 0 Å². The van der Waals surface area contributed by atoms with Gasteiger partial charge in [0.15, 0.2) is 0 Å². The zero-order valence-electron chi connectivity index (χ0n) is 10.3. The first-order valence-electron chi connectivity index (χ1n) is 5.63. The minimum Gasteiger partial charge on any atom is -0.487 e. The Labute approximate surface area is 111 Å². The van der Waals surface area contributed by atoms with Crippen molar-refractivity contribution in [1.82, 2.24) is 0 Å². The van der Waals surface area contributed by atoms with Gasteiger partial charge in [-0.1, -0.05) is 0 Å². The summed E-state index contributed by atoms with van der Waals surface area (Å²) < 4.78 is 42.9. The summed E-state index contributed by atoms with van der Waals surface area (Å²) in [6.45, 7) is 1.24. The Morgan fingerprint density at radius 2 is 2.05 bits per heavy atom. The number of ether oxygens (including phenoxy) is 1. The molecule has 0 bridgehead atoms. The maximum Gasteiger partial charge on any atom is 0.471 e. The summed E-state index contributed by atoms with van der Waals surface area (Å²) in [5, 5.41) is 8.84. The number of hydrogen-bond donors (Lipinski definition) is 1. The number of halogens is 3. The van der Waals surface area contributed by atoms with E-state index < -0.39 is 24.2 Å². The minimum absolute atomic E-state index is 0.0544. The van der Waals surface area contributed by atoms with Gasteiger partial charge in [0.1, 0.15) is 11.9 Å². The van der Waals surface area contributed by atoms with Gasteiger partial charge in [0.2, 0.25) is 0 Å². The van der Waals surface area contributed by atoms with E-state index in [0.717, 1.165) is 18.2 Å². The van der Waals surface area contributed by atoms with Gasteiger partial charge in [-0.05, 0) is 25.1 Å². The fourth-order valence-corrected chi connectivity index (χ4v) is 1.92. The van der Waals surface area contributed by atoms with Crippen LogP contribution in [0.1, 0.15) is 17.3 Å². The van der Waals surface area contributed by atoms with Crippen molar-refractivity contribution < 1.29 is 32.6 Å². The number of benzene rings is 1. The van der Waals surface area contributed by atoms with Crippen molar-refractivity contribution in [2.45, 2.75) is 19.2 Å². The lowest BCUT2D eigenvalue weighted by Gasteiger charge is -2.33. The van der Waals surface area contributed by atoms with Crippen LogP contribution in [0.4, 0.5) is 18.9 Å². The van der Waals surface area contributed by atoms with E-state index in [0.29, 0.717) is 4.90 Å². The zero-order valence-corrected chi connectivity index (χ0v) is 10.3. The highest BCUT2D eigenvalue weighted by Gasteiger charge is 2.45. The molecule has 1 heterocycles. The average molecular weight is 289 g/mol. The monoisotopic (exact) mass is 289 g/mol. The van der Waals surface area contributed by atoms with Gasteiger partial charge in [-0.15, -0.1) is 0 Å². The number of carbonyl (C=O) groups is 2. The maximum atomic E-state index is 12.5. The lowest BCUT2D eigenvalue weighted by Crippen LogP contribution is -2.48. The van der Waals surface area contributed by atoms with Crippen molar-refractivity contribution in [2.75, 3.05) is 11.4 Å². The van der Waals surface area contributed by atoms with Crippen LogP contribution in [-0.2, 0) is 4.79 Å². The summed E-state index contributed by atoms with van der Waals surface area (Å²) in [7, 11) is 0. The number of fused-ring (bicyclic) bond motifs is 1. The largest absolute Gasteiger partial charge is 0.487 e. The molecule has 1 aliphatic heterocycles. The number of alkyl halides is 3. The summed E-state index contributed by atoms with van der Waals surface area (Å²) in [5.74, 6) is -3.29. The molecule has 1 aromatic carbocycles. The minimum atomic E-state index is -5.00. The molecule has 8 heteroatoms. The first-order valence-corrected chi connectivity index (χ1v) is 5.63. The van der Waals surface area contributed by atoms with Crippen LogP contribution in [0.25, 0.3) is 0 Å². The first-order chi connectivity index (χ1) is 9.20. The Hall–Kier alpha value is -2.25. The van der Waals surface area contributed by atoms with Crippen LogP contribution in [0.2, 0.25) is 0 Å². The number of hydrogen-bond acceptors (Lipinski definition) is 3. The van der Waals surface area contributed by atoms with E-state index in [1.165, 1.54) is 6.92 Å². The van der Waals surface area contributed by atoms with Gasteiger partial charge < -0.3 is 9.84 Å². The molecule has 0 spiro atoms. The number of anilines is 1. The zero-order chi connectivity index (χ0) is 15.1. The number of rotatable bonds is 1. The molecule has 0 aromatic heterocycles. The van der Waals surface area contributed by atoms with Crippen molar-refractivity contribution in [1.29, 1.82) is 0 Å². The third-order valence-electron chi connectivity index (χ3n) is 2.75. The fraction of sp³-hybridized carbons (Fsp3) is 0.333. The Morgan fingerprint density at radius 1 is 1.40 bits per heavy atom. The molecule has 0 aliphatic carbocycles. The molecule has 0 fully saturated rings. The molecule has 2 rings (SSSR count). The number of nitrogens with zero attached hydrogens (tertiary/aromatic N) is 1. The quantitative estimate of drug-likeness (QED) is 0.859. The molecule has 1 atom stereocenters. The van der Waals surface area contributed by atoms with Gasteiger partial charge in [-0.2, -0.15) is 13.2 Å². The predicted octanol–water partition coefficient (Wildman–Crippen LogP) is 2.06. The van der Waals surface area contributed by atoms with E-state index in [9.17, 15) is 22.8 Å². The van der Waals surface area contributed by atoms with Crippen molar-refractivity contribution in [3.63, 3.8) is 0 Å². The van der Waals surface area contributed by atoms with Crippen LogP contribution >= 0.6 is 0 Å². The summed E-state index contributed by atoms with van der Waals surface area (Å²) >= 11 is 0. The van der Waals surface area contributed by atoms with Gasteiger partial charge >= 0.3 is 18.1 Å². The van der Waals surface area contributed by atoms with Gasteiger partial charge in [0.25, 0.3) is 0 Å². The Kier molecular flexibility index (Phi) is 3.33. The highest BCUT2D eigenvalue weighted by Crippen LogP contribution is 2.36. The average Bonchev–Trinajstić information content (AvgIpc) is 2.34. The van der Waals surface area contributed by atoms with Crippen LogP contribution in [0, 0.1) is 0 Å².